The summed E-state index contributed by atoms with van der Waals surface area (Å²) in [5.41, 5.74) is 7.69. The van der Waals surface area contributed by atoms with Gasteiger partial charge in [-0.15, -0.1) is 5.10 Å². The Labute approximate surface area is 122 Å². The number of hydrogen-bond donors (Lipinski definition) is 1. The Bertz CT molecular complexity index is 599. The molecule has 0 radical (unpaired) electrons. The van der Waals surface area contributed by atoms with Gasteiger partial charge >= 0.3 is 0 Å². The molecular formula is C13H16Cl2N4. The maximum absolute atomic E-state index is 6.01. The number of nitrogens with two attached hydrogens (primary N) is 1. The average molecular weight is 299 g/mol. The van der Waals surface area contributed by atoms with Crippen molar-refractivity contribution in [2.45, 2.75) is 32.7 Å². The summed E-state index contributed by atoms with van der Waals surface area (Å²) in [5, 5.41) is 9.12. The van der Waals surface area contributed by atoms with Gasteiger partial charge in [-0.3, -0.25) is 0 Å². The van der Waals surface area contributed by atoms with E-state index in [-0.39, 0.29) is 5.41 Å². The molecule has 1 heterocycles. The third-order valence-electron chi connectivity index (χ3n) is 2.79. The number of halogens is 2. The Morgan fingerprint density at radius 3 is 2.47 bits per heavy atom. The topological polar surface area (TPSA) is 56.7 Å². The van der Waals surface area contributed by atoms with Crippen LogP contribution in [0.4, 0.5) is 5.82 Å². The van der Waals surface area contributed by atoms with Crippen LogP contribution in [-0.2, 0) is 12.0 Å². The highest BCUT2D eigenvalue weighted by Crippen LogP contribution is 2.27. The Morgan fingerprint density at radius 1 is 1.21 bits per heavy atom. The molecule has 0 unspecified atom stereocenters. The van der Waals surface area contributed by atoms with E-state index in [0.717, 1.165) is 11.3 Å². The van der Waals surface area contributed by atoms with Gasteiger partial charge in [-0.25, -0.2) is 4.68 Å². The van der Waals surface area contributed by atoms with E-state index in [1.165, 1.54) is 0 Å². The van der Waals surface area contributed by atoms with Gasteiger partial charge in [0, 0.05) is 5.41 Å². The van der Waals surface area contributed by atoms with Crippen molar-refractivity contribution in [2.24, 2.45) is 0 Å². The summed E-state index contributed by atoms with van der Waals surface area (Å²) in [5.74, 6) is 0.465. The molecule has 2 N–H and O–H groups in total. The first-order chi connectivity index (χ1) is 8.79. The van der Waals surface area contributed by atoms with Crippen LogP contribution in [0.15, 0.2) is 18.2 Å². The summed E-state index contributed by atoms with van der Waals surface area (Å²) in [6, 6.07) is 5.52. The van der Waals surface area contributed by atoms with Gasteiger partial charge in [0.25, 0.3) is 0 Å². The van der Waals surface area contributed by atoms with Gasteiger partial charge in [0.05, 0.1) is 22.3 Å². The van der Waals surface area contributed by atoms with E-state index in [2.05, 4.69) is 31.1 Å². The number of aromatic nitrogens is 3. The lowest BCUT2D eigenvalue weighted by Gasteiger charge is -2.20. The second-order valence-corrected chi connectivity index (χ2v) is 6.29. The maximum Gasteiger partial charge on any atom is 0.169 e. The first kappa shape index (κ1) is 14.2. The zero-order valence-electron chi connectivity index (χ0n) is 11.1. The van der Waals surface area contributed by atoms with Crippen LogP contribution in [0, 0.1) is 0 Å². The van der Waals surface area contributed by atoms with Gasteiger partial charge in [-0.2, -0.15) is 0 Å². The molecule has 0 bridgehead atoms. The van der Waals surface area contributed by atoms with E-state index in [1.807, 2.05) is 12.1 Å². The Morgan fingerprint density at radius 2 is 1.89 bits per heavy atom. The van der Waals surface area contributed by atoms with Crippen LogP contribution in [0.3, 0.4) is 0 Å². The minimum Gasteiger partial charge on any atom is -0.381 e. The lowest BCUT2D eigenvalue weighted by Crippen LogP contribution is -2.20. The standard InChI is InChI=1S/C13H16Cl2N4/c1-13(2,3)11-12(16)17-18-19(11)7-8-4-5-9(14)10(15)6-8/h4-6H,7,16H2,1-3H3. The van der Waals surface area contributed by atoms with E-state index in [1.54, 1.807) is 10.7 Å². The van der Waals surface area contributed by atoms with Crippen molar-refractivity contribution < 1.29 is 0 Å². The van der Waals surface area contributed by atoms with Crippen LogP contribution in [-0.4, -0.2) is 15.0 Å². The summed E-state index contributed by atoms with van der Waals surface area (Å²) < 4.78 is 1.80. The summed E-state index contributed by atoms with van der Waals surface area (Å²) in [7, 11) is 0. The van der Waals surface area contributed by atoms with Crippen molar-refractivity contribution in [3.05, 3.63) is 39.5 Å². The van der Waals surface area contributed by atoms with Gasteiger partial charge in [0.2, 0.25) is 0 Å². The Hall–Kier alpha value is -1.26. The predicted octanol–water partition coefficient (Wildman–Crippen LogP) is 3.51. The molecule has 0 saturated heterocycles. The highest BCUT2D eigenvalue weighted by molar-refractivity contribution is 6.42. The zero-order valence-corrected chi connectivity index (χ0v) is 12.6. The van der Waals surface area contributed by atoms with E-state index in [9.17, 15) is 0 Å². The zero-order chi connectivity index (χ0) is 14.2. The quantitative estimate of drug-likeness (QED) is 0.923. The molecule has 0 aliphatic carbocycles. The molecule has 0 fully saturated rings. The predicted molar refractivity (Wildman–Crippen MR) is 78.7 cm³/mol. The molecule has 0 saturated carbocycles. The number of hydrogen-bond acceptors (Lipinski definition) is 3. The van der Waals surface area contributed by atoms with E-state index in [4.69, 9.17) is 28.9 Å². The number of rotatable bonds is 2. The first-order valence-electron chi connectivity index (χ1n) is 5.92. The van der Waals surface area contributed by atoms with Crippen molar-refractivity contribution in [1.82, 2.24) is 15.0 Å². The largest absolute Gasteiger partial charge is 0.381 e. The molecule has 0 aliphatic heterocycles. The van der Waals surface area contributed by atoms with E-state index < -0.39 is 0 Å². The third-order valence-corrected chi connectivity index (χ3v) is 3.53. The third kappa shape index (κ3) is 3.01. The summed E-state index contributed by atoms with van der Waals surface area (Å²) in [4.78, 5) is 0. The van der Waals surface area contributed by atoms with Gasteiger partial charge in [0.15, 0.2) is 5.82 Å². The van der Waals surface area contributed by atoms with Gasteiger partial charge < -0.3 is 5.73 Å². The molecule has 0 aliphatic rings. The second kappa shape index (κ2) is 5.02. The van der Waals surface area contributed by atoms with Crippen LogP contribution in [0.5, 0.6) is 0 Å². The minimum absolute atomic E-state index is 0.121. The normalized spacial score (nSPS) is 11.8. The van der Waals surface area contributed by atoms with Crippen molar-refractivity contribution in [1.29, 1.82) is 0 Å². The molecule has 2 aromatic rings. The Kier molecular flexibility index (Phi) is 3.74. The van der Waals surface area contributed by atoms with Crippen molar-refractivity contribution >= 4 is 29.0 Å². The van der Waals surface area contributed by atoms with E-state index >= 15 is 0 Å². The first-order valence-corrected chi connectivity index (χ1v) is 6.68. The van der Waals surface area contributed by atoms with Crippen LogP contribution in [0.1, 0.15) is 32.0 Å². The Balaban J connectivity index is 2.36. The van der Waals surface area contributed by atoms with Gasteiger partial charge in [0.1, 0.15) is 0 Å². The fraction of sp³-hybridized carbons (Fsp3) is 0.385. The average Bonchev–Trinajstić information content (AvgIpc) is 2.64. The highest BCUT2D eigenvalue weighted by Gasteiger charge is 2.24. The molecule has 102 valence electrons. The fourth-order valence-electron chi connectivity index (χ4n) is 2.02. The van der Waals surface area contributed by atoms with E-state index in [0.29, 0.717) is 22.4 Å². The fourth-order valence-corrected chi connectivity index (χ4v) is 2.34. The lowest BCUT2D eigenvalue weighted by atomic mass is 9.92. The smallest absolute Gasteiger partial charge is 0.169 e. The highest BCUT2D eigenvalue weighted by atomic mass is 35.5. The summed E-state index contributed by atoms with van der Waals surface area (Å²) in [6.07, 6.45) is 0. The second-order valence-electron chi connectivity index (χ2n) is 5.48. The van der Waals surface area contributed by atoms with Crippen LogP contribution < -0.4 is 5.73 Å². The molecule has 0 amide bonds. The number of benzene rings is 1. The molecule has 19 heavy (non-hydrogen) atoms. The minimum atomic E-state index is -0.121. The van der Waals surface area contributed by atoms with Gasteiger partial charge in [-0.1, -0.05) is 55.3 Å². The number of nitrogen functional groups attached to an aromatic ring is 1. The molecule has 0 spiro atoms. The summed E-state index contributed by atoms with van der Waals surface area (Å²) in [6.45, 7) is 6.79. The summed E-state index contributed by atoms with van der Waals surface area (Å²) >= 11 is 11.9. The molecule has 0 atom stereocenters. The monoisotopic (exact) mass is 298 g/mol. The SMILES string of the molecule is CC(C)(C)c1c(N)nnn1Cc1ccc(Cl)c(Cl)c1. The number of anilines is 1. The van der Waals surface area contributed by atoms with Gasteiger partial charge in [-0.05, 0) is 17.7 Å². The molecule has 1 aromatic carbocycles. The molecule has 4 nitrogen and oxygen atoms in total. The molecule has 1 aromatic heterocycles. The van der Waals surface area contributed by atoms with Crippen LogP contribution in [0.25, 0.3) is 0 Å². The lowest BCUT2D eigenvalue weighted by molar-refractivity contribution is 0.502. The molecular weight excluding hydrogens is 283 g/mol. The van der Waals surface area contributed by atoms with Crippen molar-refractivity contribution in [2.75, 3.05) is 5.73 Å². The number of nitrogens with zero attached hydrogens (tertiary/aromatic N) is 3. The van der Waals surface area contributed by atoms with Crippen molar-refractivity contribution in [3.63, 3.8) is 0 Å². The van der Waals surface area contributed by atoms with Crippen molar-refractivity contribution in [3.8, 4) is 0 Å². The molecule has 6 heteroatoms. The maximum atomic E-state index is 6.01. The van der Waals surface area contributed by atoms with Crippen LogP contribution >= 0.6 is 23.2 Å². The van der Waals surface area contributed by atoms with Crippen LogP contribution in [0.2, 0.25) is 10.0 Å². The molecule has 2 rings (SSSR count).